The highest BCUT2D eigenvalue weighted by Crippen LogP contribution is 2.20. The van der Waals surface area contributed by atoms with Crippen molar-refractivity contribution in [2.75, 3.05) is 13.1 Å². The van der Waals surface area contributed by atoms with Crippen LogP contribution in [0.15, 0.2) is 24.3 Å². The Labute approximate surface area is 110 Å². The van der Waals surface area contributed by atoms with Crippen molar-refractivity contribution in [3.05, 3.63) is 35.4 Å². The van der Waals surface area contributed by atoms with Crippen molar-refractivity contribution in [3.63, 3.8) is 0 Å². The van der Waals surface area contributed by atoms with E-state index in [0.717, 1.165) is 12.8 Å². The Bertz CT molecular complexity index is 382. The summed E-state index contributed by atoms with van der Waals surface area (Å²) in [5, 5.41) is 0. The molecule has 98 valence electrons. The molecular formula is C16H23NO. The van der Waals surface area contributed by atoms with Crippen LogP contribution in [-0.2, 0) is 11.3 Å². The summed E-state index contributed by atoms with van der Waals surface area (Å²) in [5.41, 5.74) is 2.67. The van der Waals surface area contributed by atoms with Gasteiger partial charge >= 0.3 is 0 Å². The monoisotopic (exact) mass is 245 g/mol. The van der Waals surface area contributed by atoms with Gasteiger partial charge in [-0.15, -0.1) is 0 Å². The summed E-state index contributed by atoms with van der Waals surface area (Å²) in [5.74, 6) is 0.337. The van der Waals surface area contributed by atoms with Gasteiger partial charge in [-0.25, -0.2) is 0 Å². The molecule has 1 aromatic carbocycles. The lowest BCUT2D eigenvalue weighted by atomic mass is 9.96. The molecule has 1 unspecified atom stereocenters. The number of hydrogen-bond donors (Lipinski definition) is 0. The molecule has 1 heterocycles. The van der Waals surface area contributed by atoms with E-state index in [1.54, 1.807) is 0 Å². The fraction of sp³-hybridized carbons (Fsp3) is 0.562. The number of rotatable bonds is 5. The summed E-state index contributed by atoms with van der Waals surface area (Å²) in [6, 6.07) is 8.72. The molecule has 1 saturated heterocycles. The van der Waals surface area contributed by atoms with Gasteiger partial charge in [0, 0.05) is 13.0 Å². The maximum atomic E-state index is 10.6. The highest BCUT2D eigenvalue weighted by Gasteiger charge is 2.11. The Morgan fingerprint density at radius 1 is 1.28 bits per heavy atom. The molecule has 1 atom stereocenters. The molecule has 0 bridgehead atoms. The average molecular weight is 245 g/mol. The number of aldehydes is 1. The molecule has 1 aromatic rings. The first-order valence-corrected chi connectivity index (χ1v) is 7.04. The molecule has 2 rings (SSSR count). The van der Waals surface area contributed by atoms with Crippen molar-refractivity contribution in [1.82, 2.24) is 4.90 Å². The van der Waals surface area contributed by atoms with Gasteiger partial charge in [0.15, 0.2) is 0 Å². The van der Waals surface area contributed by atoms with E-state index in [0.29, 0.717) is 12.3 Å². The van der Waals surface area contributed by atoms with Crippen LogP contribution in [-0.4, -0.2) is 24.3 Å². The zero-order chi connectivity index (χ0) is 12.8. The van der Waals surface area contributed by atoms with Gasteiger partial charge in [0.2, 0.25) is 0 Å². The maximum Gasteiger partial charge on any atom is 0.120 e. The molecule has 0 aromatic heterocycles. The van der Waals surface area contributed by atoms with Crippen LogP contribution in [0.1, 0.15) is 49.7 Å². The Morgan fingerprint density at radius 2 is 2.06 bits per heavy atom. The summed E-state index contributed by atoms with van der Waals surface area (Å²) in [4.78, 5) is 13.1. The van der Waals surface area contributed by atoms with Gasteiger partial charge in [-0.2, -0.15) is 0 Å². The predicted octanol–water partition coefficient (Wildman–Crippen LogP) is 3.37. The largest absolute Gasteiger partial charge is 0.303 e. The Balaban J connectivity index is 1.99. The highest BCUT2D eigenvalue weighted by atomic mass is 16.1. The minimum Gasteiger partial charge on any atom is -0.303 e. The SMILES string of the molecule is CC(CC=O)c1cccc(CN2CCCCC2)c1. The Kier molecular flexibility index (Phi) is 4.94. The first-order chi connectivity index (χ1) is 8.79. The topological polar surface area (TPSA) is 20.3 Å². The molecule has 0 radical (unpaired) electrons. The molecule has 0 N–H and O–H groups in total. The van der Waals surface area contributed by atoms with Crippen molar-refractivity contribution in [3.8, 4) is 0 Å². The molecule has 2 nitrogen and oxygen atoms in total. The van der Waals surface area contributed by atoms with E-state index in [1.807, 2.05) is 0 Å². The van der Waals surface area contributed by atoms with Gasteiger partial charge in [-0.3, -0.25) is 4.90 Å². The standard InChI is InChI=1S/C16H23NO/c1-14(8-11-18)16-7-5-6-15(12-16)13-17-9-3-2-4-10-17/h5-7,11-12,14H,2-4,8-10,13H2,1H3. The van der Waals surface area contributed by atoms with E-state index < -0.39 is 0 Å². The van der Waals surface area contributed by atoms with Crippen LogP contribution in [0.2, 0.25) is 0 Å². The number of carbonyl (C=O) groups is 1. The second-order valence-corrected chi connectivity index (χ2v) is 5.39. The third-order valence-electron chi connectivity index (χ3n) is 3.82. The smallest absolute Gasteiger partial charge is 0.120 e. The summed E-state index contributed by atoms with van der Waals surface area (Å²) in [7, 11) is 0. The van der Waals surface area contributed by atoms with Crippen LogP contribution in [0.3, 0.4) is 0 Å². The fourth-order valence-corrected chi connectivity index (χ4v) is 2.65. The van der Waals surface area contributed by atoms with Gasteiger partial charge < -0.3 is 4.79 Å². The minimum absolute atomic E-state index is 0.337. The molecule has 2 heteroatoms. The van der Waals surface area contributed by atoms with Gasteiger partial charge in [0.05, 0.1) is 0 Å². The fourth-order valence-electron chi connectivity index (χ4n) is 2.65. The zero-order valence-electron chi connectivity index (χ0n) is 11.3. The van der Waals surface area contributed by atoms with E-state index in [9.17, 15) is 4.79 Å². The lowest BCUT2D eigenvalue weighted by Crippen LogP contribution is -2.29. The molecule has 0 saturated carbocycles. The van der Waals surface area contributed by atoms with E-state index >= 15 is 0 Å². The molecule has 18 heavy (non-hydrogen) atoms. The van der Waals surface area contributed by atoms with Crippen LogP contribution >= 0.6 is 0 Å². The number of hydrogen-bond acceptors (Lipinski definition) is 2. The Morgan fingerprint density at radius 3 is 2.78 bits per heavy atom. The third-order valence-corrected chi connectivity index (χ3v) is 3.82. The van der Waals surface area contributed by atoms with Crippen LogP contribution in [0.25, 0.3) is 0 Å². The average Bonchev–Trinajstić information content (AvgIpc) is 2.40. The van der Waals surface area contributed by atoms with Gasteiger partial charge in [-0.1, -0.05) is 37.6 Å². The molecule has 1 aliphatic heterocycles. The van der Waals surface area contributed by atoms with Gasteiger partial charge in [0.1, 0.15) is 6.29 Å². The van der Waals surface area contributed by atoms with E-state index in [2.05, 4.69) is 36.1 Å². The highest BCUT2D eigenvalue weighted by molar-refractivity contribution is 5.51. The lowest BCUT2D eigenvalue weighted by Gasteiger charge is -2.26. The van der Waals surface area contributed by atoms with E-state index in [-0.39, 0.29) is 0 Å². The van der Waals surface area contributed by atoms with Crippen LogP contribution in [0, 0.1) is 0 Å². The lowest BCUT2D eigenvalue weighted by molar-refractivity contribution is -0.108. The predicted molar refractivity (Wildman–Crippen MR) is 74.7 cm³/mol. The first kappa shape index (κ1) is 13.3. The van der Waals surface area contributed by atoms with Gasteiger partial charge in [-0.05, 0) is 43.0 Å². The molecule has 0 spiro atoms. The van der Waals surface area contributed by atoms with E-state index in [4.69, 9.17) is 0 Å². The Hall–Kier alpha value is -1.15. The summed E-state index contributed by atoms with van der Waals surface area (Å²) < 4.78 is 0. The summed E-state index contributed by atoms with van der Waals surface area (Å²) in [6.45, 7) is 5.64. The molecular weight excluding hydrogens is 222 g/mol. The van der Waals surface area contributed by atoms with E-state index in [1.165, 1.54) is 43.5 Å². The summed E-state index contributed by atoms with van der Waals surface area (Å²) >= 11 is 0. The first-order valence-electron chi connectivity index (χ1n) is 7.04. The second kappa shape index (κ2) is 6.69. The van der Waals surface area contributed by atoms with Crippen LogP contribution in [0.5, 0.6) is 0 Å². The molecule has 0 amide bonds. The van der Waals surface area contributed by atoms with Crippen molar-refractivity contribution in [2.24, 2.45) is 0 Å². The third kappa shape index (κ3) is 3.67. The van der Waals surface area contributed by atoms with Crippen LogP contribution < -0.4 is 0 Å². The van der Waals surface area contributed by atoms with Crippen molar-refractivity contribution in [2.45, 2.75) is 45.1 Å². The number of piperidine rings is 1. The molecule has 1 aliphatic rings. The van der Waals surface area contributed by atoms with Crippen LogP contribution in [0.4, 0.5) is 0 Å². The quantitative estimate of drug-likeness (QED) is 0.741. The van der Waals surface area contributed by atoms with Crippen molar-refractivity contribution >= 4 is 6.29 Å². The maximum absolute atomic E-state index is 10.6. The zero-order valence-corrected chi connectivity index (χ0v) is 11.3. The molecule has 1 fully saturated rings. The normalized spacial score (nSPS) is 18.5. The number of carbonyl (C=O) groups excluding carboxylic acids is 1. The minimum atomic E-state index is 0.337. The van der Waals surface area contributed by atoms with Gasteiger partial charge in [0.25, 0.3) is 0 Å². The van der Waals surface area contributed by atoms with Crippen molar-refractivity contribution in [1.29, 1.82) is 0 Å². The second-order valence-electron chi connectivity index (χ2n) is 5.39. The number of likely N-dealkylation sites (tertiary alicyclic amines) is 1. The summed E-state index contributed by atoms with van der Waals surface area (Å²) in [6.07, 6.45) is 5.69. The van der Waals surface area contributed by atoms with Crippen molar-refractivity contribution < 1.29 is 4.79 Å². The molecule has 0 aliphatic carbocycles. The number of benzene rings is 1. The number of nitrogens with zero attached hydrogens (tertiary/aromatic N) is 1.